The Labute approximate surface area is 197 Å². The smallest absolute Gasteiger partial charge is 0.163 e. The zero-order chi connectivity index (χ0) is 22.9. The van der Waals surface area contributed by atoms with Crippen molar-refractivity contribution >= 4 is 23.1 Å². The standard InChI is InChI=1S/C27H35ClN2O2/c1-26(2)16-19(17-27(3,4)29-26)14-24(31)21-10-11-23(22(28)15-21)30-12-13-32-25(18-30)20-8-6-5-7-9-20/h5-11,15,19,25,29H,12-14,16-18H2,1-4H3. The van der Waals surface area contributed by atoms with Crippen molar-refractivity contribution in [2.75, 3.05) is 24.6 Å². The summed E-state index contributed by atoms with van der Waals surface area (Å²) in [5.41, 5.74) is 2.94. The van der Waals surface area contributed by atoms with E-state index in [0.29, 0.717) is 29.5 Å². The number of hydrogen-bond donors (Lipinski definition) is 1. The van der Waals surface area contributed by atoms with E-state index in [0.717, 1.165) is 31.6 Å². The zero-order valence-corrected chi connectivity index (χ0v) is 20.4. The highest BCUT2D eigenvalue weighted by Crippen LogP contribution is 2.36. The fourth-order valence-electron chi connectivity index (χ4n) is 5.73. The number of benzene rings is 2. The number of anilines is 1. The second kappa shape index (κ2) is 9.17. The van der Waals surface area contributed by atoms with Gasteiger partial charge in [0.1, 0.15) is 6.10 Å². The number of carbonyl (C=O) groups excluding carboxylic acids is 1. The SMILES string of the molecule is CC1(C)CC(CC(=O)c2ccc(N3CCOC(c4ccccc4)C3)c(Cl)c2)CC(C)(C)N1. The second-order valence-electron chi connectivity index (χ2n) is 10.7. The Balaban J connectivity index is 1.44. The summed E-state index contributed by atoms with van der Waals surface area (Å²) in [7, 11) is 0. The van der Waals surface area contributed by atoms with Crippen LogP contribution < -0.4 is 10.2 Å². The van der Waals surface area contributed by atoms with Crippen molar-refractivity contribution < 1.29 is 9.53 Å². The largest absolute Gasteiger partial charge is 0.370 e. The number of piperidine rings is 1. The molecule has 0 radical (unpaired) electrons. The molecule has 0 amide bonds. The number of nitrogens with zero attached hydrogens (tertiary/aromatic N) is 1. The van der Waals surface area contributed by atoms with Crippen LogP contribution in [-0.4, -0.2) is 36.6 Å². The fraction of sp³-hybridized carbons (Fsp3) is 0.519. The van der Waals surface area contributed by atoms with E-state index in [2.05, 4.69) is 50.0 Å². The summed E-state index contributed by atoms with van der Waals surface area (Å²) < 4.78 is 5.99. The van der Waals surface area contributed by atoms with Gasteiger partial charge < -0.3 is 15.0 Å². The quantitative estimate of drug-likeness (QED) is 0.558. The van der Waals surface area contributed by atoms with Crippen LogP contribution in [0.4, 0.5) is 5.69 Å². The highest BCUT2D eigenvalue weighted by molar-refractivity contribution is 6.33. The molecule has 2 heterocycles. The Kier molecular flexibility index (Phi) is 6.67. The predicted octanol–water partition coefficient (Wildman–Crippen LogP) is 6.05. The minimum Gasteiger partial charge on any atom is -0.370 e. The predicted molar refractivity (Wildman–Crippen MR) is 132 cm³/mol. The number of halogens is 1. The summed E-state index contributed by atoms with van der Waals surface area (Å²) in [6, 6.07) is 16.1. The highest BCUT2D eigenvalue weighted by atomic mass is 35.5. The Morgan fingerprint density at radius 1 is 1.09 bits per heavy atom. The van der Waals surface area contributed by atoms with Gasteiger partial charge in [0.2, 0.25) is 0 Å². The molecule has 2 aliphatic rings. The molecule has 32 heavy (non-hydrogen) atoms. The minimum atomic E-state index is 0.0222. The van der Waals surface area contributed by atoms with E-state index >= 15 is 0 Å². The summed E-state index contributed by atoms with van der Waals surface area (Å²) in [6.45, 7) is 11.1. The number of nitrogens with one attached hydrogen (secondary N) is 1. The van der Waals surface area contributed by atoms with Crippen LogP contribution in [0.1, 0.15) is 69.0 Å². The first-order valence-electron chi connectivity index (χ1n) is 11.7. The van der Waals surface area contributed by atoms with E-state index in [4.69, 9.17) is 16.3 Å². The molecule has 0 aliphatic carbocycles. The maximum absolute atomic E-state index is 13.1. The molecule has 4 rings (SSSR count). The molecule has 1 unspecified atom stereocenters. The average molecular weight is 455 g/mol. The molecule has 5 heteroatoms. The zero-order valence-electron chi connectivity index (χ0n) is 19.7. The molecule has 2 aromatic carbocycles. The normalized spacial score (nSPS) is 23.2. The van der Waals surface area contributed by atoms with Gasteiger partial charge in [-0.3, -0.25) is 4.79 Å². The van der Waals surface area contributed by atoms with Crippen LogP contribution in [-0.2, 0) is 4.74 Å². The number of morpholine rings is 1. The molecule has 4 nitrogen and oxygen atoms in total. The first-order valence-corrected chi connectivity index (χ1v) is 12.0. The number of carbonyl (C=O) groups is 1. The van der Waals surface area contributed by atoms with Gasteiger partial charge in [0.25, 0.3) is 0 Å². The highest BCUT2D eigenvalue weighted by Gasteiger charge is 2.38. The summed E-state index contributed by atoms with van der Waals surface area (Å²) in [5, 5.41) is 4.33. The first kappa shape index (κ1) is 23.3. The number of Topliss-reactive ketones (excluding diaryl/α,β-unsaturated/α-hetero) is 1. The summed E-state index contributed by atoms with van der Waals surface area (Å²) in [6.07, 6.45) is 2.59. The lowest BCUT2D eigenvalue weighted by molar-refractivity contribution is 0.0398. The van der Waals surface area contributed by atoms with Crippen molar-refractivity contribution in [1.82, 2.24) is 5.32 Å². The van der Waals surface area contributed by atoms with Gasteiger partial charge in [0.05, 0.1) is 17.3 Å². The molecule has 2 saturated heterocycles. The fourth-order valence-corrected chi connectivity index (χ4v) is 6.03. The van der Waals surface area contributed by atoms with Crippen LogP contribution in [0.15, 0.2) is 48.5 Å². The number of rotatable bonds is 5. The van der Waals surface area contributed by atoms with Gasteiger partial charge >= 0.3 is 0 Å². The van der Waals surface area contributed by atoms with Gasteiger partial charge in [-0.15, -0.1) is 0 Å². The van der Waals surface area contributed by atoms with Gasteiger partial charge in [0, 0.05) is 36.2 Å². The molecule has 2 aromatic rings. The van der Waals surface area contributed by atoms with Gasteiger partial charge in [0.15, 0.2) is 5.78 Å². The monoisotopic (exact) mass is 454 g/mol. The summed E-state index contributed by atoms with van der Waals surface area (Å²) >= 11 is 6.69. The lowest BCUT2D eigenvalue weighted by Gasteiger charge is -2.46. The van der Waals surface area contributed by atoms with Gasteiger partial charge in [-0.1, -0.05) is 41.9 Å². The van der Waals surface area contributed by atoms with Crippen molar-refractivity contribution in [3.8, 4) is 0 Å². The molecule has 0 spiro atoms. The average Bonchev–Trinajstić information content (AvgIpc) is 2.72. The molecule has 1 atom stereocenters. The lowest BCUT2D eigenvalue weighted by atomic mass is 9.74. The summed E-state index contributed by atoms with van der Waals surface area (Å²) in [4.78, 5) is 15.4. The number of ether oxygens (including phenoxy) is 1. The molecular weight excluding hydrogens is 420 g/mol. The van der Waals surface area contributed by atoms with E-state index in [1.165, 1.54) is 5.56 Å². The van der Waals surface area contributed by atoms with E-state index in [1.54, 1.807) is 0 Å². The van der Waals surface area contributed by atoms with Crippen LogP contribution in [0.5, 0.6) is 0 Å². The second-order valence-corrected chi connectivity index (χ2v) is 11.1. The van der Waals surface area contributed by atoms with E-state index in [-0.39, 0.29) is 23.0 Å². The molecule has 2 fully saturated rings. The third-order valence-corrected chi connectivity index (χ3v) is 6.90. The van der Waals surface area contributed by atoms with Crippen molar-refractivity contribution in [3.63, 3.8) is 0 Å². The van der Waals surface area contributed by atoms with Gasteiger partial charge in [-0.2, -0.15) is 0 Å². The molecule has 2 aliphatic heterocycles. The first-order chi connectivity index (χ1) is 15.1. The van der Waals surface area contributed by atoms with Crippen LogP contribution in [0, 0.1) is 5.92 Å². The van der Waals surface area contributed by atoms with E-state index in [1.807, 2.05) is 36.4 Å². The molecular formula is C27H35ClN2O2. The molecule has 0 aromatic heterocycles. The molecule has 1 N–H and O–H groups in total. The number of ketones is 1. The van der Waals surface area contributed by atoms with Gasteiger partial charge in [-0.25, -0.2) is 0 Å². The third-order valence-electron chi connectivity index (χ3n) is 6.60. The van der Waals surface area contributed by atoms with Crippen LogP contribution in [0.2, 0.25) is 5.02 Å². The van der Waals surface area contributed by atoms with Crippen molar-refractivity contribution in [2.45, 2.75) is 64.1 Å². The molecule has 0 saturated carbocycles. The Hall–Kier alpha value is -1.88. The lowest BCUT2D eigenvalue weighted by Crippen LogP contribution is -2.57. The molecule has 172 valence electrons. The topological polar surface area (TPSA) is 41.6 Å². The minimum absolute atomic E-state index is 0.0222. The van der Waals surface area contributed by atoms with Crippen LogP contribution in [0.25, 0.3) is 0 Å². The maximum atomic E-state index is 13.1. The van der Waals surface area contributed by atoms with Crippen molar-refractivity contribution in [1.29, 1.82) is 0 Å². The Morgan fingerprint density at radius 2 is 1.78 bits per heavy atom. The maximum Gasteiger partial charge on any atom is 0.163 e. The van der Waals surface area contributed by atoms with Crippen molar-refractivity contribution in [3.05, 3.63) is 64.7 Å². The van der Waals surface area contributed by atoms with Crippen LogP contribution >= 0.6 is 11.6 Å². The molecule has 0 bridgehead atoms. The van der Waals surface area contributed by atoms with Gasteiger partial charge in [-0.05, 0) is 70.2 Å². The Bertz CT molecular complexity index is 941. The van der Waals surface area contributed by atoms with E-state index < -0.39 is 0 Å². The number of hydrogen-bond acceptors (Lipinski definition) is 4. The Morgan fingerprint density at radius 3 is 2.44 bits per heavy atom. The third kappa shape index (κ3) is 5.54. The summed E-state index contributed by atoms with van der Waals surface area (Å²) in [5.74, 6) is 0.555. The van der Waals surface area contributed by atoms with Crippen LogP contribution in [0.3, 0.4) is 0 Å². The van der Waals surface area contributed by atoms with E-state index in [9.17, 15) is 4.79 Å². The van der Waals surface area contributed by atoms with Crippen molar-refractivity contribution in [2.24, 2.45) is 5.92 Å².